The van der Waals surface area contributed by atoms with Gasteiger partial charge in [-0.05, 0) is 92.2 Å². The summed E-state index contributed by atoms with van der Waals surface area (Å²) in [5, 5.41) is 4.69. The third kappa shape index (κ3) is 3.52. The van der Waals surface area contributed by atoms with Crippen LogP contribution in [0.25, 0.3) is 5.00 Å². The molecule has 1 aliphatic heterocycles. The minimum absolute atomic E-state index is 0.0315. The summed E-state index contributed by atoms with van der Waals surface area (Å²) < 4.78 is 2.38. The largest absolute Gasteiger partial charge is 0.322 e. The van der Waals surface area contributed by atoms with Gasteiger partial charge in [0.15, 0.2) is 0 Å². The van der Waals surface area contributed by atoms with Gasteiger partial charge in [0, 0.05) is 28.0 Å². The zero-order valence-corrected chi connectivity index (χ0v) is 20.5. The third-order valence-corrected chi connectivity index (χ3v) is 9.09. The van der Waals surface area contributed by atoms with Crippen LogP contribution >= 0.6 is 11.3 Å². The number of rotatable bonds is 2. The highest BCUT2D eigenvalue weighted by atomic mass is 32.1. The second kappa shape index (κ2) is 8.35. The van der Waals surface area contributed by atoms with E-state index in [4.69, 9.17) is 0 Å². The SMILES string of the molecule is CC(C)[C@@H]1c2cccn2-c2sc3c(c2CN1C(=O)Nc1cccc2c1CCCC2)CCCC3. The fraction of sp³-hybridized carbons (Fsp3) is 0.464. The van der Waals surface area contributed by atoms with E-state index in [-0.39, 0.29) is 12.1 Å². The number of hydrogen-bond acceptors (Lipinski definition) is 2. The van der Waals surface area contributed by atoms with E-state index in [1.54, 1.807) is 0 Å². The molecular weight excluding hydrogens is 426 g/mol. The van der Waals surface area contributed by atoms with Crippen LogP contribution in [0.1, 0.15) is 78.4 Å². The van der Waals surface area contributed by atoms with E-state index in [1.807, 2.05) is 11.3 Å². The number of aryl methyl sites for hydroxylation is 2. The van der Waals surface area contributed by atoms with Gasteiger partial charge >= 0.3 is 6.03 Å². The topological polar surface area (TPSA) is 37.3 Å². The van der Waals surface area contributed by atoms with E-state index in [0.29, 0.717) is 12.5 Å². The van der Waals surface area contributed by atoms with Gasteiger partial charge in [-0.2, -0.15) is 0 Å². The van der Waals surface area contributed by atoms with Crippen molar-refractivity contribution in [2.24, 2.45) is 5.92 Å². The second-order valence-electron chi connectivity index (χ2n) is 10.2. The molecule has 172 valence electrons. The van der Waals surface area contributed by atoms with Crippen LogP contribution in [0.3, 0.4) is 0 Å². The normalized spacial score (nSPS) is 19.4. The Balaban J connectivity index is 1.42. The highest BCUT2D eigenvalue weighted by Crippen LogP contribution is 2.44. The van der Waals surface area contributed by atoms with Gasteiger partial charge in [-0.1, -0.05) is 26.0 Å². The monoisotopic (exact) mass is 459 g/mol. The van der Waals surface area contributed by atoms with E-state index >= 15 is 0 Å². The van der Waals surface area contributed by atoms with Crippen LogP contribution in [-0.2, 0) is 32.2 Å². The number of thiophene rings is 1. The van der Waals surface area contributed by atoms with Crippen LogP contribution in [0.15, 0.2) is 36.5 Å². The van der Waals surface area contributed by atoms with E-state index in [9.17, 15) is 4.79 Å². The molecule has 0 fully saturated rings. The van der Waals surface area contributed by atoms with E-state index in [0.717, 1.165) is 24.9 Å². The molecule has 33 heavy (non-hydrogen) atoms. The number of carbonyl (C=O) groups excluding carboxylic acids is 1. The van der Waals surface area contributed by atoms with Crippen LogP contribution in [0, 0.1) is 5.92 Å². The molecule has 0 spiro atoms. The minimum Gasteiger partial charge on any atom is -0.311 e. The smallest absolute Gasteiger partial charge is 0.311 e. The van der Waals surface area contributed by atoms with Crippen molar-refractivity contribution in [3.63, 3.8) is 0 Å². The Hall–Kier alpha value is -2.53. The molecule has 1 N–H and O–H groups in total. The summed E-state index contributed by atoms with van der Waals surface area (Å²) in [5.74, 6) is 0.318. The van der Waals surface area contributed by atoms with Crippen LogP contribution in [0.2, 0.25) is 0 Å². The Labute approximate surface area is 200 Å². The summed E-state index contributed by atoms with van der Waals surface area (Å²) >= 11 is 1.95. The molecule has 0 saturated heterocycles. The van der Waals surface area contributed by atoms with Gasteiger partial charge in [-0.15, -0.1) is 11.3 Å². The second-order valence-corrected chi connectivity index (χ2v) is 11.3. The number of anilines is 1. The Bertz CT molecular complexity index is 1200. The quantitative estimate of drug-likeness (QED) is 0.438. The molecule has 0 radical (unpaired) electrons. The average molecular weight is 460 g/mol. The number of nitrogens with zero attached hydrogens (tertiary/aromatic N) is 2. The number of hydrogen-bond donors (Lipinski definition) is 1. The number of nitrogens with one attached hydrogen (secondary N) is 1. The van der Waals surface area contributed by atoms with Gasteiger partial charge in [0.05, 0.1) is 12.6 Å². The summed E-state index contributed by atoms with van der Waals surface area (Å²) in [5.41, 5.74) is 7.86. The molecule has 4 nitrogen and oxygen atoms in total. The minimum atomic E-state index is 0.0315. The van der Waals surface area contributed by atoms with Crippen molar-refractivity contribution in [1.29, 1.82) is 0 Å². The maximum absolute atomic E-state index is 14.0. The summed E-state index contributed by atoms with van der Waals surface area (Å²) in [7, 11) is 0. The van der Waals surface area contributed by atoms with Gasteiger partial charge in [0.25, 0.3) is 0 Å². The van der Waals surface area contributed by atoms with E-state index in [2.05, 4.69) is 65.2 Å². The fourth-order valence-electron chi connectivity index (χ4n) is 6.21. The number of amides is 2. The molecule has 5 heteroatoms. The van der Waals surface area contributed by atoms with Crippen molar-refractivity contribution in [2.45, 2.75) is 77.8 Å². The number of urea groups is 1. The van der Waals surface area contributed by atoms with Crippen molar-refractivity contribution in [3.8, 4) is 5.00 Å². The molecule has 3 aromatic rings. The summed E-state index contributed by atoms with van der Waals surface area (Å²) in [6, 6.07) is 10.8. The number of carbonyl (C=O) groups is 1. The maximum Gasteiger partial charge on any atom is 0.322 e. The lowest BCUT2D eigenvalue weighted by atomic mass is 9.90. The molecule has 0 saturated carbocycles. The van der Waals surface area contributed by atoms with Gasteiger partial charge in [0.2, 0.25) is 0 Å². The van der Waals surface area contributed by atoms with Crippen molar-refractivity contribution >= 4 is 23.1 Å². The van der Waals surface area contributed by atoms with Crippen molar-refractivity contribution in [2.75, 3.05) is 5.32 Å². The Morgan fingerprint density at radius 3 is 2.61 bits per heavy atom. The molecule has 1 aromatic carbocycles. The van der Waals surface area contributed by atoms with Gasteiger partial charge in [-0.25, -0.2) is 4.79 Å². The lowest BCUT2D eigenvalue weighted by Crippen LogP contribution is -2.40. The number of aromatic nitrogens is 1. The Kier molecular flexibility index (Phi) is 5.33. The molecule has 0 bridgehead atoms. The highest BCUT2D eigenvalue weighted by molar-refractivity contribution is 7.15. The first-order valence-electron chi connectivity index (χ1n) is 12.6. The van der Waals surface area contributed by atoms with Crippen LogP contribution in [0.4, 0.5) is 10.5 Å². The van der Waals surface area contributed by atoms with E-state index in [1.165, 1.54) is 69.9 Å². The maximum atomic E-state index is 14.0. The first-order chi connectivity index (χ1) is 16.1. The molecule has 2 amide bonds. The molecule has 2 aromatic heterocycles. The molecule has 0 unspecified atom stereocenters. The molecule has 3 aliphatic rings. The predicted octanol–water partition coefficient (Wildman–Crippen LogP) is 7.04. The first-order valence-corrected chi connectivity index (χ1v) is 13.4. The van der Waals surface area contributed by atoms with Crippen molar-refractivity contribution in [1.82, 2.24) is 9.47 Å². The Morgan fingerprint density at radius 1 is 0.970 bits per heavy atom. The number of benzene rings is 1. The fourth-order valence-corrected chi connectivity index (χ4v) is 7.61. The standard InChI is InChI=1S/C28H33N3OS/c1-18(2)26-24-14-8-16-30(24)27-22(21-12-5-6-15-25(21)33-27)17-31(26)28(32)29-23-13-7-10-19-9-3-4-11-20(19)23/h7-8,10,13-14,16,18,26H,3-6,9,11-12,15,17H2,1-2H3,(H,29,32)/t26-/m1/s1. The average Bonchev–Trinajstić information content (AvgIpc) is 3.40. The summed E-state index contributed by atoms with van der Waals surface area (Å²) in [6.45, 7) is 5.16. The number of fused-ring (bicyclic) bond motifs is 6. The lowest BCUT2D eigenvalue weighted by molar-refractivity contribution is 0.161. The molecule has 1 atom stereocenters. The molecular formula is C28H33N3OS. The van der Waals surface area contributed by atoms with Crippen molar-refractivity contribution < 1.29 is 4.79 Å². The predicted molar refractivity (Wildman–Crippen MR) is 136 cm³/mol. The molecule has 2 aliphatic carbocycles. The zero-order chi connectivity index (χ0) is 22.5. The molecule has 3 heterocycles. The van der Waals surface area contributed by atoms with Gasteiger partial charge in [0.1, 0.15) is 5.00 Å². The first kappa shape index (κ1) is 21.0. The molecule has 6 rings (SSSR count). The third-order valence-electron chi connectivity index (χ3n) is 7.76. The van der Waals surface area contributed by atoms with Crippen molar-refractivity contribution in [3.05, 3.63) is 69.4 Å². The van der Waals surface area contributed by atoms with E-state index < -0.39 is 0 Å². The summed E-state index contributed by atoms with van der Waals surface area (Å²) in [6.07, 6.45) is 11.7. The highest BCUT2D eigenvalue weighted by Gasteiger charge is 2.36. The van der Waals surface area contributed by atoms with Crippen LogP contribution < -0.4 is 5.32 Å². The van der Waals surface area contributed by atoms with Gasteiger partial charge in [-0.3, -0.25) is 0 Å². The van der Waals surface area contributed by atoms with Crippen LogP contribution in [-0.4, -0.2) is 15.5 Å². The van der Waals surface area contributed by atoms with Crippen LogP contribution in [0.5, 0.6) is 0 Å². The Morgan fingerprint density at radius 2 is 1.76 bits per heavy atom. The lowest BCUT2D eigenvalue weighted by Gasteiger charge is -2.34. The summed E-state index contributed by atoms with van der Waals surface area (Å²) in [4.78, 5) is 17.6. The van der Waals surface area contributed by atoms with Gasteiger partial charge < -0.3 is 14.8 Å². The zero-order valence-electron chi connectivity index (χ0n) is 19.7.